The van der Waals surface area contributed by atoms with Gasteiger partial charge in [-0.1, -0.05) is 72.8 Å². The Morgan fingerprint density at radius 3 is 2.56 bits per heavy atom. The zero-order valence-electron chi connectivity index (χ0n) is 27.2. The Balaban J connectivity index is 1.20. The quantitative estimate of drug-likeness (QED) is 0.124. The molecule has 0 spiro atoms. The average Bonchev–Trinajstić information content (AvgIpc) is 3.51. The number of rotatable bonds is 11. The van der Waals surface area contributed by atoms with Crippen molar-refractivity contribution in [2.24, 2.45) is 5.92 Å². The average molecular weight is 652 g/mol. The first-order valence-electron chi connectivity index (χ1n) is 16.8. The van der Waals surface area contributed by atoms with Crippen molar-refractivity contribution in [3.63, 3.8) is 0 Å². The number of H-pyrrole nitrogens is 1. The Bertz CT molecular complexity index is 1650. The second-order valence-corrected chi connectivity index (χ2v) is 12.4. The van der Waals surface area contributed by atoms with Crippen LogP contribution in [0.5, 0.6) is 5.75 Å². The van der Waals surface area contributed by atoms with Gasteiger partial charge >= 0.3 is 5.97 Å². The highest BCUT2D eigenvalue weighted by Gasteiger charge is 2.26. The molecule has 0 aliphatic carbocycles. The fraction of sp³-hybridized carbons (Fsp3) is 0.359. The van der Waals surface area contributed by atoms with E-state index in [-0.39, 0.29) is 37.4 Å². The summed E-state index contributed by atoms with van der Waals surface area (Å²) in [5, 5.41) is 17.1. The number of cyclic esters (lactones) is 1. The number of aromatic nitrogens is 1. The largest absolute Gasteiger partial charge is 0.489 e. The summed E-state index contributed by atoms with van der Waals surface area (Å²) >= 11 is 0. The molecule has 9 nitrogen and oxygen atoms in total. The van der Waals surface area contributed by atoms with Crippen molar-refractivity contribution in [1.29, 1.82) is 0 Å². The molecule has 4 N–H and O–H groups in total. The zero-order chi connectivity index (χ0) is 33.6. The molecule has 0 saturated heterocycles. The van der Waals surface area contributed by atoms with Crippen LogP contribution >= 0.6 is 0 Å². The lowest BCUT2D eigenvalue weighted by Crippen LogP contribution is -2.45. The number of nitrogens with one attached hydrogen (secondary N) is 3. The number of aromatic amines is 1. The van der Waals surface area contributed by atoms with Gasteiger partial charge in [0, 0.05) is 29.9 Å². The van der Waals surface area contributed by atoms with E-state index in [2.05, 4.69) is 15.6 Å². The number of ether oxygens (including phenoxy) is 2. The topological polar surface area (TPSA) is 130 Å². The molecule has 0 fully saturated rings. The summed E-state index contributed by atoms with van der Waals surface area (Å²) in [4.78, 5) is 42.7. The number of esters is 1. The summed E-state index contributed by atoms with van der Waals surface area (Å²) < 4.78 is 11.5. The smallest absolute Gasteiger partial charge is 0.305 e. The van der Waals surface area contributed by atoms with Crippen LogP contribution in [0.1, 0.15) is 55.2 Å². The van der Waals surface area contributed by atoms with Crippen LogP contribution in [0.25, 0.3) is 10.9 Å². The number of aliphatic hydroxyl groups excluding tert-OH is 1. The third-order valence-electron chi connectivity index (χ3n) is 8.56. The molecule has 0 saturated carbocycles. The Kier molecular flexibility index (Phi) is 12.8. The van der Waals surface area contributed by atoms with Gasteiger partial charge in [-0.05, 0) is 73.4 Å². The molecular formula is C39H45N3O6. The molecular weight excluding hydrogens is 606 g/mol. The molecule has 1 aliphatic heterocycles. The maximum atomic E-state index is 13.7. The van der Waals surface area contributed by atoms with Crippen molar-refractivity contribution in [1.82, 2.24) is 15.6 Å². The number of aliphatic hydroxyl groups is 1. The molecule has 1 aliphatic rings. The van der Waals surface area contributed by atoms with Crippen molar-refractivity contribution < 1.29 is 29.0 Å². The van der Waals surface area contributed by atoms with Crippen molar-refractivity contribution >= 4 is 28.7 Å². The Hall–Kier alpha value is -4.89. The number of carbonyl (C=O) groups excluding carboxylic acids is 3. The molecule has 3 atom stereocenters. The van der Waals surface area contributed by atoms with Crippen LogP contribution in [0.2, 0.25) is 0 Å². The molecule has 252 valence electrons. The summed E-state index contributed by atoms with van der Waals surface area (Å²) in [6.45, 7) is 0.267. The van der Waals surface area contributed by atoms with E-state index in [0.717, 1.165) is 52.6 Å². The molecule has 48 heavy (non-hydrogen) atoms. The van der Waals surface area contributed by atoms with Gasteiger partial charge in [0.25, 0.3) is 0 Å². The molecule has 0 bridgehead atoms. The standard InChI is InChI=1S/C39H45N3O6/c43-25-32(21-28-17-19-34(20-18-28)47-26-29-11-5-4-6-12-29)41-37(44)23-30-13-7-2-1-3-8-16-38(45)48-27-33(42-39(30)46)22-31-24-40-36-15-10-9-14-35(31)36/h2,4-7,9-12,14-15,17-20,24,30,32-33,40,43H,1,3,8,13,16,21-23,25-27H2,(H,41,44)(H,42,46)/t30-,32+,33+/m1/s1. The van der Waals surface area contributed by atoms with Gasteiger partial charge < -0.3 is 30.2 Å². The number of fused-ring (bicyclic) bond motifs is 1. The van der Waals surface area contributed by atoms with Gasteiger partial charge in [-0.3, -0.25) is 14.4 Å². The highest BCUT2D eigenvalue weighted by molar-refractivity contribution is 5.87. The van der Waals surface area contributed by atoms with Crippen LogP contribution in [0.3, 0.4) is 0 Å². The second-order valence-electron chi connectivity index (χ2n) is 12.4. The Morgan fingerprint density at radius 1 is 0.958 bits per heavy atom. The predicted molar refractivity (Wildman–Crippen MR) is 185 cm³/mol. The van der Waals surface area contributed by atoms with E-state index in [1.807, 2.05) is 97.2 Å². The van der Waals surface area contributed by atoms with Crippen LogP contribution < -0.4 is 15.4 Å². The van der Waals surface area contributed by atoms with E-state index in [1.165, 1.54) is 0 Å². The van der Waals surface area contributed by atoms with Crippen LogP contribution in [0, 0.1) is 5.92 Å². The van der Waals surface area contributed by atoms with E-state index >= 15 is 0 Å². The van der Waals surface area contributed by atoms with E-state index in [0.29, 0.717) is 32.3 Å². The normalized spacial score (nSPS) is 18.4. The minimum atomic E-state index is -0.634. The van der Waals surface area contributed by atoms with Gasteiger partial charge in [0.15, 0.2) is 0 Å². The zero-order valence-corrected chi connectivity index (χ0v) is 27.2. The minimum absolute atomic E-state index is 0.0431. The number of hydrogen-bond donors (Lipinski definition) is 4. The van der Waals surface area contributed by atoms with Crippen LogP contribution in [0.15, 0.2) is 97.2 Å². The van der Waals surface area contributed by atoms with Crippen molar-refractivity contribution in [2.45, 2.75) is 70.1 Å². The number of para-hydroxylation sites is 1. The molecule has 0 radical (unpaired) electrons. The summed E-state index contributed by atoms with van der Waals surface area (Å²) in [5.74, 6) is -0.774. The Morgan fingerprint density at radius 2 is 1.75 bits per heavy atom. The van der Waals surface area contributed by atoms with E-state index in [9.17, 15) is 19.5 Å². The molecule has 2 amide bonds. The summed E-state index contributed by atoms with van der Waals surface area (Å²) in [6.07, 6.45) is 9.77. The van der Waals surface area contributed by atoms with Crippen LogP contribution in [-0.2, 0) is 38.6 Å². The monoisotopic (exact) mass is 651 g/mol. The second kappa shape index (κ2) is 17.9. The number of carbonyl (C=O) groups is 3. The molecule has 1 aromatic heterocycles. The van der Waals surface area contributed by atoms with Gasteiger partial charge in [-0.15, -0.1) is 0 Å². The maximum Gasteiger partial charge on any atom is 0.305 e. The van der Waals surface area contributed by atoms with Crippen LogP contribution in [0.4, 0.5) is 0 Å². The molecule has 3 aromatic carbocycles. The lowest BCUT2D eigenvalue weighted by Gasteiger charge is -2.23. The first kappa shape index (κ1) is 34.4. The molecule has 5 rings (SSSR count). The minimum Gasteiger partial charge on any atom is -0.489 e. The van der Waals surface area contributed by atoms with Gasteiger partial charge in [0.2, 0.25) is 11.8 Å². The van der Waals surface area contributed by atoms with Crippen molar-refractivity contribution in [3.05, 3.63) is 114 Å². The van der Waals surface area contributed by atoms with Gasteiger partial charge in [0.05, 0.1) is 24.6 Å². The highest BCUT2D eigenvalue weighted by atomic mass is 16.5. The third-order valence-corrected chi connectivity index (χ3v) is 8.56. The van der Waals surface area contributed by atoms with Gasteiger partial charge in [-0.25, -0.2) is 0 Å². The fourth-order valence-corrected chi connectivity index (χ4v) is 5.91. The first-order chi connectivity index (χ1) is 23.5. The number of benzene rings is 3. The Labute approximate surface area is 281 Å². The summed E-state index contributed by atoms with van der Waals surface area (Å²) in [6, 6.07) is 24.5. The number of amides is 2. The van der Waals surface area contributed by atoms with Crippen molar-refractivity contribution in [2.75, 3.05) is 13.2 Å². The first-order valence-corrected chi connectivity index (χ1v) is 16.8. The van der Waals surface area contributed by atoms with Crippen LogP contribution in [-0.4, -0.2) is 53.2 Å². The van der Waals surface area contributed by atoms with E-state index < -0.39 is 18.0 Å². The molecule has 2 heterocycles. The van der Waals surface area contributed by atoms with E-state index in [4.69, 9.17) is 9.47 Å². The number of allylic oxidation sites excluding steroid dienone is 2. The predicted octanol–water partition coefficient (Wildman–Crippen LogP) is 5.56. The molecule has 4 aromatic rings. The lowest BCUT2D eigenvalue weighted by molar-refractivity contribution is -0.145. The highest BCUT2D eigenvalue weighted by Crippen LogP contribution is 2.21. The van der Waals surface area contributed by atoms with E-state index in [1.54, 1.807) is 0 Å². The summed E-state index contributed by atoms with van der Waals surface area (Å²) in [5.41, 5.74) is 4.01. The van der Waals surface area contributed by atoms with Gasteiger partial charge in [0.1, 0.15) is 19.0 Å². The third kappa shape index (κ3) is 10.6. The maximum absolute atomic E-state index is 13.7. The lowest BCUT2D eigenvalue weighted by atomic mass is 9.97. The fourth-order valence-electron chi connectivity index (χ4n) is 5.91. The SMILES string of the molecule is O=C(C[C@H]1CC=CCCCCC(=O)OC[C@H](Cc2c[nH]c3ccccc23)NC1=O)N[C@H](CO)Cc1ccc(OCc2ccccc2)cc1. The number of hydrogen-bond acceptors (Lipinski definition) is 6. The summed E-state index contributed by atoms with van der Waals surface area (Å²) in [7, 11) is 0. The molecule has 0 unspecified atom stereocenters. The van der Waals surface area contributed by atoms with Crippen molar-refractivity contribution in [3.8, 4) is 5.75 Å². The van der Waals surface area contributed by atoms with Gasteiger partial charge in [-0.2, -0.15) is 0 Å². The molecule has 9 heteroatoms.